The predicted octanol–water partition coefficient (Wildman–Crippen LogP) is 2.52. The standard InChI is InChI=1S/C26H23N3O5S/c1-13(2)34-18-12-8-6-10-16(18)21-19(25(32)33-4)14(3)27-26-29(21)24(31)22(35-26)20-15-9-5-7-11-17(15)28-23(20)30/h5-13,21H,1-4H3,(H,28,30)/b22-20-/t21-/m0/s1. The third kappa shape index (κ3) is 3.68. The Morgan fingerprint density at radius 3 is 2.57 bits per heavy atom. The Morgan fingerprint density at radius 2 is 1.83 bits per heavy atom. The minimum Gasteiger partial charge on any atom is -0.491 e. The van der Waals surface area contributed by atoms with Crippen LogP contribution in [0.3, 0.4) is 0 Å². The zero-order valence-electron chi connectivity index (χ0n) is 19.6. The summed E-state index contributed by atoms with van der Waals surface area (Å²) in [5.41, 5.74) is 2.51. The van der Waals surface area contributed by atoms with Gasteiger partial charge in [0.05, 0.1) is 30.1 Å². The van der Waals surface area contributed by atoms with Gasteiger partial charge in [-0.2, -0.15) is 0 Å². The summed E-state index contributed by atoms with van der Waals surface area (Å²) in [6, 6.07) is 13.7. The van der Waals surface area contributed by atoms with Crippen LogP contribution in [0.25, 0.3) is 5.57 Å². The largest absolute Gasteiger partial charge is 0.491 e. The summed E-state index contributed by atoms with van der Waals surface area (Å²) in [7, 11) is 1.29. The van der Waals surface area contributed by atoms with Gasteiger partial charge in [0.1, 0.15) is 16.3 Å². The van der Waals surface area contributed by atoms with Crippen LogP contribution in [0.15, 0.2) is 69.6 Å². The molecular weight excluding hydrogens is 466 g/mol. The zero-order chi connectivity index (χ0) is 24.9. The molecule has 1 N–H and O–H groups in total. The molecule has 2 aromatic carbocycles. The van der Waals surface area contributed by atoms with Gasteiger partial charge in [0, 0.05) is 16.8 Å². The quantitative estimate of drug-likeness (QED) is 0.568. The van der Waals surface area contributed by atoms with Crippen molar-refractivity contribution < 1.29 is 19.1 Å². The van der Waals surface area contributed by atoms with E-state index in [1.807, 2.05) is 44.2 Å². The highest BCUT2D eigenvalue weighted by atomic mass is 32.1. The van der Waals surface area contributed by atoms with E-state index in [2.05, 4.69) is 10.3 Å². The number of aromatic nitrogens is 1. The molecule has 0 unspecified atom stereocenters. The van der Waals surface area contributed by atoms with Gasteiger partial charge in [0.2, 0.25) is 0 Å². The molecule has 0 saturated heterocycles. The van der Waals surface area contributed by atoms with Crippen molar-refractivity contribution in [3.63, 3.8) is 0 Å². The van der Waals surface area contributed by atoms with Crippen molar-refractivity contribution >= 4 is 34.5 Å². The van der Waals surface area contributed by atoms with Crippen molar-refractivity contribution in [1.29, 1.82) is 0 Å². The summed E-state index contributed by atoms with van der Waals surface area (Å²) in [4.78, 5) is 44.7. The van der Waals surface area contributed by atoms with Gasteiger partial charge >= 0.3 is 5.97 Å². The fraction of sp³-hybridized carbons (Fsp3) is 0.231. The smallest absolute Gasteiger partial charge is 0.338 e. The molecule has 9 heteroatoms. The monoisotopic (exact) mass is 489 g/mol. The molecule has 35 heavy (non-hydrogen) atoms. The number of carbonyl (C=O) groups excluding carboxylic acids is 2. The van der Waals surface area contributed by atoms with Crippen molar-refractivity contribution in [3.8, 4) is 5.75 Å². The Kier molecular flexibility index (Phi) is 5.64. The van der Waals surface area contributed by atoms with E-state index in [0.29, 0.717) is 38.6 Å². The van der Waals surface area contributed by atoms with Crippen LogP contribution in [0.4, 0.5) is 5.69 Å². The highest BCUT2D eigenvalue weighted by Crippen LogP contribution is 2.36. The van der Waals surface area contributed by atoms with Gasteiger partial charge < -0.3 is 14.8 Å². The first-order chi connectivity index (χ1) is 16.8. The Morgan fingerprint density at radius 1 is 1.11 bits per heavy atom. The molecule has 2 aliphatic heterocycles. The van der Waals surface area contributed by atoms with Crippen LogP contribution in [0.1, 0.15) is 37.9 Å². The number of allylic oxidation sites excluding steroid dienone is 1. The number of methoxy groups -OCH3 is 1. The van der Waals surface area contributed by atoms with Gasteiger partial charge in [-0.25, -0.2) is 9.79 Å². The van der Waals surface area contributed by atoms with Crippen molar-refractivity contribution in [2.45, 2.75) is 32.9 Å². The molecule has 0 saturated carbocycles. The third-order valence-corrected chi connectivity index (χ3v) is 6.93. The molecule has 0 bridgehead atoms. The minimum atomic E-state index is -0.831. The SMILES string of the molecule is COC(=O)C1=C(C)N=c2s/c(=C3\C(=O)Nc4ccccc43)c(=O)n2[C@H]1c1ccccc1OC(C)C. The van der Waals surface area contributed by atoms with E-state index in [1.54, 1.807) is 25.1 Å². The average molecular weight is 490 g/mol. The molecule has 2 aliphatic rings. The number of para-hydroxylation sites is 2. The summed E-state index contributed by atoms with van der Waals surface area (Å²) in [5, 5.41) is 2.82. The van der Waals surface area contributed by atoms with Gasteiger partial charge in [-0.3, -0.25) is 14.2 Å². The number of hydrogen-bond acceptors (Lipinski definition) is 7. The van der Waals surface area contributed by atoms with Crippen molar-refractivity contribution in [2.75, 3.05) is 12.4 Å². The molecule has 1 amide bonds. The number of fused-ring (bicyclic) bond motifs is 2. The first-order valence-corrected chi connectivity index (χ1v) is 11.9. The molecule has 1 aromatic heterocycles. The van der Waals surface area contributed by atoms with E-state index in [1.165, 1.54) is 11.7 Å². The second-order valence-corrected chi connectivity index (χ2v) is 9.45. The van der Waals surface area contributed by atoms with E-state index < -0.39 is 17.6 Å². The topological polar surface area (TPSA) is 99.0 Å². The maximum absolute atomic E-state index is 13.9. The Hall–Kier alpha value is -3.98. The van der Waals surface area contributed by atoms with Crippen LogP contribution in [0.5, 0.6) is 5.75 Å². The maximum atomic E-state index is 13.9. The number of anilines is 1. The number of thiazole rings is 1. The number of amides is 1. The van der Waals surface area contributed by atoms with Gasteiger partial charge in [-0.05, 0) is 32.9 Å². The molecule has 1 atom stereocenters. The van der Waals surface area contributed by atoms with E-state index >= 15 is 0 Å². The van der Waals surface area contributed by atoms with E-state index in [9.17, 15) is 14.4 Å². The van der Waals surface area contributed by atoms with Gasteiger partial charge in [0.15, 0.2) is 4.80 Å². The molecule has 3 heterocycles. The Bertz CT molecular complexity index is 1600. The zero-order valence-corrected chi connectivity index (χ0v) is 20.4. The van der Waals surface area contributed by atoms with E-state index in [0.717, 1.165) is 11.3 Å². The molecule has 0 radical (unpaired) electrons. The second kappa shape index (κ2) is 8.66. The van der Waals surface area contributed by atoms with Crippen molar-refractivity contribution in [1.82, 2.24) is 4.57 Å². The fourth-order valence-electron chi connectivity index (χ4n) is 4.45. The van der Waals surface area contributed by atoms with E-state index in [-0.39, 0.29) is 22.1 Å². The summed E-state index contributed by atoms with van der Waals surface area (Å²) in [6.45, 7) is 5.52. The molecule has 0 fully saturated rings. The summed E-state index contributed by atoms with van der Waals surface area (Å²) in [6.07, 6.45) is -0.125. The number of nitrogens with one attached hydrogen (secondary N) is 1. The predicted molar refractivity (Wildman–Crippen MR) is 132 cm³/mol. The lowest BCUT2D eigenvalue weighted by atomic mass is 9.95. The van der Waals surface area contributed by atoms with Crippen LogP contribution in [0, 0.1) is 0 Å². The Labute approximate surface area is 204 Å². The second-order valence-electron chi connectivity index (χ2n) is 8.47. The summed E-state index contributed by atoms with van der Waals surface area (Å²) >= 11 is 1.13. The molecule has 3 aromatic rings. The number of nitrogens with zero attached hydrogens (tertiary/aromatic N) is 2. The normalized spacial score (nSPS) is 18.1. The molecular formula is C26H23N3O5S. The van der Waals surface area contributed by atoms with Crippen LogP contribution in [0.2, 0.25) is 0 Å². The van der Waals surface area contributed by atoms with E-state index in [4.69, 9.17) is 9.47 Å². The number of hydrogen-bond donors (Lipinski definition) is 1. The van der Waals surface area contributed by atoms with Crippen LogP contribution < -0.4 is 24.9 Å². The first kappa shape index (κ1) is 22.8. The van der Waals surface area contributed by atoms with Gasteiger partial charge in [-0.15, -0.1) is 0 Å². The highest BCUT2D eigenvalue weighted by molar-refractivity contribution is 7.07. The third-order valence-electron chi connectivity index (χ3n) is 5.88. The average Bonchev–Trinajstić information content (AvgIpc) is 3.32. The Balaban J connectivity index is 1.84. The summed E-state index contributed by atoms with van der Waals surface area (Å²) < 4.78 is 12.8. The van der Waals surface area contributed by atoms with Crippen molar-refractivity contribution in [2.24, 2.45) is 4.99 Å². The molecule has 178 valence electrons. The van der Waals surface area contributed by atoms with Crippen LogP contribution in [-0.2, 0) is 14.3 Å². The molecule has 8 nitrogen and oxygen atoms in total. The maximum Gasteiger partial charge on any atom is 0.338 e. The fourth-order valence-corrected chi connectivity index (χ4v) is 5.59. The van der Waals surface area contributed by atoms with Crippen LogP contribution in [-0.4, -0.2) is 29.7 Å². The first-order valence-electron chi connectivity index (χ1n) is 11.1. The lowest BCUT2D eigenvalue weighted by Gasteiger charge is -2.26. The molecule has 0 spiro atoms. The highest BCUT2D eigenvalue weighted by Gasteiger charge is 2.36. The van der Waals surface area contributed by atoms with Crippen molar-refractivity contribution in [3.05, 3.63) is 90.6 Å². The number of carbonyl (C=O) groups is 2. The summed E-state index contributed by atoms with van der Waals surface area (Å²) in [5.74, 6) is -0.385. The van der Waals surface area contributed by atoms with Crippen LogP contribution >= 0.6 is 11.3 Å². The number of benzene rings is 2. The molecule has 0 aliphatic carbocycles. The van der Waals surface area contributed by atoms with Gasteiger partial charge in [0.25, 0.3) is 11.5 Å². The number of ether oxygens (including phenoxy) is 2. The number of esters is 1. The molecule has 5 rings (SSSR count). The van der Waals surface area contributed by atoms with Gasteiger partial charge in [-0.1, -0.05) is 47.7 Å². The lowest BCUT2D eigenvalue weighted by molar-refractivity contribution is -0.136. The minimum absolute atomic E-state index is 0.125. The number of rotatable bonds is 4. The lowest BCUT2D eigenvalue weighted by Crippen LogP contribution is -2.40.